The third-order valence-corrected chi connectivity index (χ3v) is 5.52. The molecule has 0 atom stereocenters. The summed E-state index contributed by atoms with van der Waals surface area (Å²) < 4.78 is 2.03. The summed E-state index contributed by atoms with van der Waals surface area (Å²) in [6.45, 7) is 2.55. The maximum Gasteiger partial charge on any atom is 0.228 e. The minimum atomic E-state index is -0.0505. The number of aromatic nitrogens is 2. The number of nitrogens with two attached hydrogens (primary N) is 1. The predicted molar refractivity (Wildman–Crippen MR) is 129 cm³/mol. The molecule has 0 radical (unpaired) electrons. The van der Waals surface area contributed by atoms with Crippen LogP contribution in [0, 0.1) is 12.3 Å². The van der Waals surface area contributed by atoms with Crippen LogP contribution >= 0.6 is 0 Å². The molecule has 7 nitrogen and oxygen atoms in total. The van der Waals surface area contributed by atoms with Gasteiger partial charge in [0, 0.05) is 24.0 Å². The quantitative estimate of drug-likeness (QED) is 0.265. The van der Waals surface area contributed by atoms with E-state index < -0.39 is 0 Å². The minimum Gasteiger partial charge on any atom is -0.384 e. The van der Waals surface area contributed by atoms with Crippen molar-refractivity contribution in [2.24, 2.45) is 12.8 Å². The molecule has 4 aromatic rings. The fourth-order valence-electron chi connectivity index (χ4n) is 3.62. The van der Waals surface area contributed by atoms with Crippen LogP contribution in [0.2, 0.25) is 0 Å². The van der Waals surface area contributed by atoms with E-state index in [-0.39, 0.29) is 11.7 Å². The monoisotopic (exact) mass is 426 g/mol. The summed E-state index contributed by atoms with van der Waals surface area (Å²) in [5, 5.41) is 13.8. The molecule has 5 N–H and O–H groups in total. The number of benzene rings is 3. The maximum atomic E-state index is 12.5. The van der Waals surface area contributed by atoms with Crippen LogP contribution in [0.4, 0.5) is 11.4 Å². The lowest BCUT2D eigenvalue weighted by atomic mass is 10.1. The summed E-state index contributed by atoms with van der Waals surface area (Å²) in [7, 11) is 1.97. The molecule has 3 aromatic carbocycles. The number of rotatable bonds is 7. The summed E-state index contributed by atoms with van der Waals surface area (Å²) in [4.78, 5) is 17.2. The Bertz CT molecular complexity index is 1290. The summed E-state index contributed by atoms with van der Waals surface area (Å²) >= 11 is 0. The van der Waals surface area contributed by atoms with E-state index >= 15 is 0 Å². The smallest absolute Gasteiger partial charge is 0.228 e. The molecule has 0 aliphatic carbocycles. The Kier molecular flexibility index (Phi) is 5.89. The van der Waals surface area contributed by atoms with Crippen molar-refractivity contribution in [1.82, 2.24) is 9.55 Å². The SMILES string of the molecule is Cc1ccccc1CC(=O)Nc1ccc2c(c1)nc(CNc1ccc(C(=N)N)cc1)n2C. The maximum absolute atomic E-state index is 12.5. The first-order chi connectivity index (χ1) is 15.4. The molecular formula is C25H26N6O. The second kappa shape index (κ2) is 8.93. The highest BCUT2D eigenvalue weighted by Crippen LogP contribution is 2.21. The highest BCUT2D eigenvalue weighted by atomic mass is 16.1. The summed E-state index contributed by atoms with van der Waals surface area (Å²) in [6.07, 6.45) is 0.338. The van der Waals surface area contributed by atoms with Crippen LogP contribution in [0.5, 0.6) is 0 Å². The third-order valence-electron chi connectivity index (χ3n) is 5.52. The van der Waals surface area contributed by atoms with Gasteiger partial charge in [0.05, 0.1) is 24.0 Å². The van der Waals surface area contributed by atoms with E-state index in [1.807, 2.05) is 85.3 Å². The molecule has 1 aromatic heterocycles. The lowest BCUT2D eigenvalue weighted by Gasteiger charge is -2.08. The molecule has 0 saturated heterocycles. The highest BCUT2D eigenvalue weighted by molar-refractivity contribution is 5.95. The molecule has 1 heterocycles. The average molecular weight is 427 g/mol. The molecule has 0 saturated carbocycles. The standard InChI is InChI=1S/C25H26N6O/c1-16-5-3-4-6-18(16)13-24(32)29-20-11-12-22-21(14-20)30-23(31(22)2)15-28-19-9-7-17(8-10-19)25(26)27/h3-12,14,28H,13,15H2,1-2H3,(H3,26,27)(H,29,32). The fourth-order valence-corrected chi connectivity index (χ4v) is 3.62. The van der Waals surface area contributed by atoms with Gasteiger partial charge in [-0.3, -0.25) is 10.2 Å². The first-order valence-electron chi connectivity index (χ1n) is 10.4. The van der Waals surface area contributed by atoms with Gasteiger partial charge in [-0.15, -0.1) is 0 Å². The Hall–Kier alpha value is -4.13. The van der Waals surface area contributed by atoms with E-state index in [4.69, 9.17) is 16.1 Å². The van der Waals surface area contributed by atoms with E-state index in [0.717, 1.165) is 39.4 Å². The van der Waals surface area contributed by atoms with Gasteiger partial charge in [0.1, 0.15) is 11.7 Å². The molecule has 4 rings (SSSR count). The van der Waals surface area contributed by atoms with Gasteiger partial charge >= 0.3 is 0 Å². The Morgan fingerprint density at radius 2 is 1.78 bits per heavy atom. The summed E-state index contributed by atoms with van der Waals surface area (Å²) in [5.74, 6) is 0.873. The number of nitrogen functional groups attached to an aromatic ring is 1. The number of anilines is 2. The van der Waals surface area contributed by atoms with Crippen molar-refractivity contribution >= 4 is 34.2 Å². The number of amidine groups is 1. The van der Waals surface area contributed by atoms with Gasteiger partial charge in [0.2, 0.25) is 5.91 Å². The number of imidazole rings is 1. The molecule has 1 amide bonds. The molecule has 0 fully saturated rings. The van der Waals surface area contributed by atoms with Gasteiger partial charge in [-0.1, -0.05) is 24.3 Å². The fraction of sp³-hybridized carbons (Fsp3) is 0.160. The van der Waals surface area contributed by atoms with E-state index in [1.165, 1.54) is 0 Å². The zero-order valence-corrected chi connectivity index (χ0v) is 18.1. The van der Waals surface area contributed by atoms with Crippen molar-refractivity contribution in [3.63, 3.8) is 0 Å². The van der Waals surface area contributed by atoms with E-state index in [1.54, 1.807) is 0 Å². The van der Waals surface area contributed by atoms with E-state index in [0.29, 0.717) is 18.5 Å². The Morgan fingerprint density at radius 1 is 1.06 bits per heavy atom. The molecular weight excluding hydrogens is 400 g/mol. The van der Waals surface area contributed by atoms with Crippen LogP contribution < -0.4 is 16.4 Å². The van der Waals surface area contributed by atoms with Gasteiger partial charge in [0.25, 0.3) is 0 Å². The van der Waals surface area contributed by atoms with Crippen molar-refractivity contribution in [3.05, 3.63) is 89.2 Å². The van der Waals surface area contributed by atoms with Gasteiger partial charge < -0.3 is 20.9 Å². The summed E-state index contributed by atoms with van der Waals surface area (Å²) in [5.41, 5.74) is 11.8. The topological polar surface area (TPSA) is 109 Å². The second-order valence-electron chi connectivity index (χ2n) is 7.79. The van der Waals surface area contributed by atoms with Crippen molar-refractivity contribution in [2.45, 2.75) is 19.9 Å². The van der Waals surface area contributed by atoms with Crippen molar-refractivity contribution in [2.75, 3.05) is 10.6 Å². The summed E-state index contributed by atoms with van der Waals surface area (Å²) in [6, 6.07) is 21.1. The molecule has 0 spiro atoms. The number of aryl methyl sites for hydroxylation is 2. The number of carbonyl (C=O) groups excluding carboxylic acids is 1. The second-order valence-corrected chi connectivity index (χ2v) is 7.79. The van der Waals surface area contributed by atoms with Crippen LogP contribution in [0.3, 0.4) is 0 Å². The number of carbonyl (C=O) groups is 1. The van der Waals surface area contributed by atoms with Crippen molar-refractivity contribution in [3.8, 4) is 0 Å². The molecule has 32 heavy (non-hydrogen) atoms. The van der Waals surface area contributed by atoms with Gasteiger partial charge in [0.15, 0.2) is 0 Å². The van der Waals surface area contributed by atoms with Crippen LogP contribution in [0.1, 0.15) is 22.5 Å². The van der Waals surface area contributed by atoms with Crippen molar-refractivity contribution in [1.29, 1.82) is 5.41 Å². The number of nitrogens with one attached hydrogen (secondary N) is 3. The lowest BCUT2D eigenvalue weighted by Crippen LogP contribution is -2.14. The molecule has 0 unspecified atom stereocenters. The van der Waals surface area contributed by atoms with Gasteiger partial charge in [-0.05, 0) is 60.5 Å². The first-order valence-corrected chi connectivity index (χ1v) is 10.4. The lowest BCUT2D eigenvalue weighted by molar-refractivity contribution is -0.115. The Labute approximate surface area is 186 Å². The average Bonchev–Trinajstić information content (AvgIpc) is 3.09. The van der Waals surface area contributed by atoms with Crippen LogP contribution in [-0.2, 0) is 24.8 Å². The number of hydrogen-bond donors (Lipinski definition) is 4. The third kappa shape index (κ3) is 4.62. The number of nitrogens with zero attached hydrogens (tertiary/aromatic N) is 2. The largest absolute Gasteiger partial charge is 0.384 e. The van der Waals surface area contributed by atoms with Crippen LogP contribution in [0.25, 0.3) is 11.0 Å². The normalized spacial score (nSPS) is 10.8. The number of amides is 1. The molecule has 0 aliphatic heterocycles. The minimum absolute atomic E-state index is 0.0497. The molecule has 0 aliphatic rings. The van der Waals surface area contributed by atoms with Crippen LogP contribution in [0.15, 0.2) is 66.7 Å². The van der Waals surface area contributed by atoms with Crippen molar-refractivity contribution < 1.29 is 4.79 Å². The van der Waals surface area contributed by atoms with Gasteiger partial charge in [-0.25, -0.2) is 4.98 Å². The zero-order chi connectivity index (χ0) is 22.7. The highest BCUT2D eigenvalue weighted by Gasteiger charge is 2.11. The molecule has 7 heteroatoms. The molecule has 162 valence electrons. The Balaban J connectivity index is 1.45. The zero-order valence-electron chi connectivity index (χ0n) is 18.1. The van der Waals surface area contributed by atoms with Gasteiger partial charge in [-0.2, -0.15) is 0 Å². The first kappa shape index (κ1) is 21.1. The Morgan fingerprint density at radius 3 is 2.50 bits per heavy atom. The van der Waals surface area contributed by atoms with E-state index in [9.17, 15) is 4.79 Å². The van der Waals surface area contributed by atoms with E-state index in [2.05, 4.69) is 10.6 Å². The predicted octanol–water partition coefficient (Wildman–Crippen LogP) is 3.96. The molecule has 0 bridgehead atoms. The van der Waals surface area contributed by atoms with Crippen LogP contribution in [-0.4, -0.2) is 21.3 Å². The number of fused-ring (bicyclic) bond motifs is 1. The number of hydrogen-bond acceptors (Lipinski definition) is 4.